The van der Waals surface area contributed by atoms with E-state index in [2.05, 4.69) is 11.9 Å². The van der Waals surface area contributed by atoms with Gasteiger partial charge in [-0.05, 0) is 30.2 Å². The zero-order chi connectivity index (χ0) is 19.3. The molecule has 0 radical (unpaired) electrons. The molecule has 1 aromatic rings. The first kappa shape index (κ1) is 20.4. The van der Waals surface area contributed by atoms with Crippen LogP contribution < -0.4 is 10.1 Å². The van der Waals surface area contributed by atoms with Gasteiger partial charge in [0.05, 0.1) is 32.1 Å². The van der Waals surface area contributed by atoms with E-state index >= 15 is 0 Å². The molecule has 1 fully saturated rings. The number of hydrogen-bond donors (Lipinski definition) is 1. The Hall–Kier alpha value is -1.90. The van der Waals surface area contributed by atoms with Crippen LogP contribution in [0.1, 0.15) is 15.9 Å². The molecule has 1 amide bonds. The second-order valence-corrected chi connectivity index (χ2v) is 8.69. The fraction of sp³-hybridized carbons (Fsp3) is 0.500. The molecule has 2 atom stereocenters. The van der Waals surface area contributed by atoms with Crippen LogP contribution in [0.3, 0.4) is 0 Å². The third-order valence-electron chi connectivity index (χ3n) is 4.40. The van der Waals surface area contributed by atoms with Gasteiger partial charge in [0, 0.05) is 25.6 Å². The van der Waals surface area contributed by atoms with Crippen molar-refractivity contribution >= 4 is 15.9 Å². The minimum absolute atomic E-state index is 0.0602. The number of allylic oxidation sites excluding steroid dienone is 1. The van der Waals surface area contributed by atoms with Crippen molar-refractivity contribution in [2.45, 2.75) is 12.5 Å². The summed E-state index contributed by atoms with van der Waals surface area (Å²) in [7, 11) is 1.21. The third kappa shape index (κ3) is 4.84. The number of benzene rings is 1. The van der Waals surface area contributed by atoms with Crippen molar-refractivity contribution in [2.24, 2.45) is 5.92 Å². The average Bonchev–Trinajstić information content (AvgIpc) is 3.01. The first-order valence-corrected chi connectivity index (χ1v) is 9.96. The Morgan fingerprint density at radius 2 is 2.15 bits per heavy atom. The smallest absolute Gasteiger partial charge is 0.251 e. The molecule has 1 heterocycles. The van der Waals surface area contributed by atoms with E-state index < -0.39 is 10.0 Å². The molecular weight excluding hydrogens is 356 g/mol. The van der Waals surface area contributed by atoms with E-state index in [9.17, 15) is 13.2 Å². The minimum atomic E-state index is -3.36. The molecule has 0 saturated carbocycles. The Morgan fingerprint density at radius 1 is 1.42 bits per heavy atom. The topological polar surface area (TPSA) is 84.9 Å². The number of sulfonamides is 1. The minimum Gasteiger partial charge on any atom is -0.496 e. The summed E-state index contributed by atoms with van der Waals surface area (Å²) < 4.78 is 36.1. The van der Waals surface area contributed by atoms with E-state index in [1.165, 1.54) is 18.4 Å². The highest BCUT2D eigenvalue weighted by molar-refractivity contribution is 7.89. The standard InChI is InChI=1S/C18H26N2O5S/c1-5-6-13-9-14(7-8-17(13)24-4)18(21)19-16-11-25-10-15(16)12-26(22,23)20(2)3/h5,7-9,15-16H,1,6,10-12H2,2-4H3,(H,19,21)/t15-,16-/m0/s1. The zero-order valence-corrected chi connectivity index (χ0v) is 16.2. The van der Waals surface area contributed by atoms with Gasteiger partial charge in [-0.3, -0.25) is 4.79 Å². The van der Waals surface area contributed by atoms with Crippen molar-refractivity contribution in [1.82, 2.24) is 9.62 Å². The molecule has 7 nitrogen and oxygen atoms in total. The maximum Gasteiger partial charge on any atom is 0.251 e. The highest BCUT2D eigenvalue weighted by Crippen LogP contribution is 2.22. The largest absolute Gasteiger partial charge is 0.496 e. The number of ether oxygens (including phenoxy) is 2. The fourth-order valence-corrected chi connectivity index (χ4v) is 4.00. The Labute approximate surface area is 155 Å². The van der Waals surface area contributed by atoms with Crippen LogP contribution in [0.2, 0.25) is 0 Å². The first-order chi connectivity index (χ1) is 12.3. The van der Waals surface area contributed by atoms with Crippen LogP contribution in [0, 0.1) is 5.92 Å². The average molecular weight is 382 g/mol. The summed E-state index contributed by atoms with van der Waals surface area (Å²) in [5, 5.41) is 2.90. The van der Waals surface area contributed by atoms with Gasteiger partial charge in [-0.1, -0.05) is 6.08 Å². The van der Waals surface area contributed by atoms with E-state index in [1.807, 2.05) is 0 Å². The van der Waals surface area contributed by atoms with Gasteiger partial charge in [-0.25, -0.2) is 12.7 Å². The molecule has 1 aliphatic rings. The number of hydrogen-bond acceptors (Lipinski definition) is 5. The summed E-state index contributed by atoms with van der Waals surface area (Å²) in [4.78, 5) is 12.6. The number of carbonyl (C=O) groups is 1. The molecule has 1 aromatic carbocycles. The van der Waals surface area contributed by atoms with Gasteiger partial charge < -0.3 is 14.8 Å². The Balaban J connectivity index is 2.11. The van der Waals surface area contributed by atoms with Gasteiger partial charge in [0.15, 0.2) is 0 Å². The molecule has 0 aliphatic carbocycles. The number of nitrogens with one attached hydrogen (secondary N) is 1. The summed E-state index contributed by atoms with van der Waals surface area (Å²) in [6, 6.07) is 4.84. The van der Waals surface area contributed by atoms with E-state index in [0.717, 1.165) is 5.56 Å². The van der Waals surface area contributed by atoms with Crippen molar-refractivity contribution in [3.05, 3.63) is 42.0 Å². The summed E-state index contributed by atoms with van der Waals surface area (Å²) in [5.41, 5.74) is 1.35. The lowest BCUT2D eigenvalue weighted by atomic mass is 10.0. The zero-order valence-electron chi connectivity index (χ0n) is 15.4. The summed E-state index contributed by atoms with van der Waals surface area (Å²) in [6.45, 7) is 4.32. The van der Waals surface area contributed by atoms with Crippen LogP contribution in [0.25, 0.3) is 0 Å². The Bertz CT molecular complexity index is 761. The molecule has 26 heavy (non-hydrogen) atoms. The molecular formula is C18H26N2O5S. The number of nitrogens with zero attached hydrogens (tertiary/aromatic N) is 1. The lowest BCUT2D eigenvalue weighted by molar-refractivity contribution is 0.0926. The normalized spacial score (nSPS) is 20.2. The van der Waals surface area contributed by atoms with Gasteiger partial charge in [0.2, 0.25) is 10.0 Å². The van der Waals surface area contributed by atoms with Crippen molar-refractivity contribution in [2.75, 3.05) is 40.2 Å². The highest BCUT2D eigenvalue weighted by atomic mass is 32.2. The molecule has 1 N–H and O–H groups in total. The molecule has 2 rings (SSSR count). The second kappa shape index (κ2) is 8.66. The number of amides is 1. The maximum absolute atomic E-state index is 12.6. The quantitative estimate of drug-likeness (QED) is 0.680. The van der Waals surface area contributed by atoms with E-state index in [-0.39, 0.29) is 23.6 Å². The lowest BCUT2D eigenvalue weighted by Crippen LogP contribution is -2.43. The Kier molecular flexibility index (Phi) is 6.80. The van der Waals surface area contributed by atoms with Crippen molar-refractivity contribution in [1.29, 1.82) is 0 Å². The van der Waals surface area contributed by atoms with Crippen molar-refractivity contribution < 1.29 is 22.7 Å². The van der Waals surface area contributed by atoms with Crippen LogP contribution in [0.5, 0.6) is 5.75 Å². The van der Waals surface area contributed by atoms with Gasteiger partial charge in [-0.2, -0.15) is 0 Å². The van der Waals surface area contributed by atoms with Crippen LogP contribution in [0.4, 0.5) is 0 Å². The molecule has 0 unspecified atom stereocenters. The van der Waals surface area contributed by atoms with Crippen LogP contribution in [-0.4, -0.2) is 64.8 Å². The molecule has 0 spiro atoms. The molecule has 0 aromatic heterocycles. The summed E-state index contributed by atoms with van der Waals surface area (Å²) in [5.74, 6) is 0.0912. The lowest BCUT2D eigenvalue weighted by Gasteiger charge is -2.21. The van der Waals surface area contributed by atoms with Gasteiger partial charge in [0.25, 0.3) is 5.91 Å². The predicted molar refractivity (Wildman–Crippen MR) is 99.9 cm³/mol. The van der Waals surface area contributed by atoms with Crippen LogP contribution in [0.15, 0.2) is 30.9 Å². The van der Waals surface area contributed by atoms with Gasteiger partial charge in [-0.15, -0.1) is 6.58 Å². The molecule has 1 saturated heterocycles. The molecule has 0 bridgehead atoms. The van der Waals surface area contributed by atoms with Crippen molar-refractivity contribution in [3.8, 4) is 5.75 Å². The molecule has 144 valence electrons. The fourth-order valence-electron chi connectivity index (χ4n) is 2.83. The van der Waals surface area contributed by atoms with E-state index in [4.69, 9.17) is 9.47 Å². The van der Waals surface area contributed by atoms with Crippen LogP contribution in [-0.2, 0) is 21.2 Å². The summed E-state index contributed by atoms with van der Waals surface area (Å²) >= 11 is 0. The predicted octanol–water partition coefficient (Wildman–Crippen LogP) is 1.06. The second-order valence-electron chi connectivity index (χ2n) is 6.46. The van der Waals surface area contributed by atoms with Gasteiger partial charge >= 0.3 is 0 Å². The maximum atomic E-state index is 12.6. The molecule has 8 heteroatoms. The molecule has 1 aliphatic heterocycles. The Morgan fingerprint density at radius 3 is 2.77 bits per heavy atom. The van der Waals surface area contributed by atoms with E-state index in [0.29, 0.717) is 30.9 Å². The summed E-state index contributed by atoms with van der Waals surface area (Å²) in [6.07, 6.45) is 2.33. The van der Waals surface area contributed by atoms with Crippen LogP contribution >= 0.6 is 0 Å². The number of rotatable bonds is 8. The monoisotopic (exact) mass is 382 g/mol. The van der Waals surface area contributed by atoms with Crippen molar-refractivity contribution in [3.63, 3.8) is 0 Å². The first-order valence-electron chi connectivity index (χ1n) is 8.35. The highest BCUT2D eigenvalue weighted by Gasteiger charge is 2.34. The van der Waals surface area contributed by atoms with Gasteiger partial charge in [0.1, 0.15) is 5.75 Å². The number of methoxy groups -OCH3 is 1. The number of carbonyl (C=O) groups excluding carboxylic acids is 1. The third-order valence-corrected chi connectivity index (χ3v) is 6.36. The van der Waals surface area contributed by atoms with E-state index in [1.54, 1.807) is 31.4 Å². The SMILES string of the molecule is C=CCc1cc(C(=O)N[C@H]2COC[C@H]2CS(=O)(=O)N(C)C)ccc1OC.